The lowest BCUT2D eigenvalue weighted by atomic mass is 10.4. The second kappa shape index (κ2) is 6.27. The van der Waals surface area contributed by atoms with Gasteiger partial charge in [0.15, 0.2) is 0 Å². The summed E-state index contributed by atoms with van der Waals surface area (Å²) in [6.07, 6.45) is -3.25. The van der Waals surface area contributed by atoms with Crippen molar-refractivity contribution in [1.29, 1.82) is 0 Å². The molecule has 0 saturated heterocycles. The summed E-state index contributed by atoms with van der Waals surface area (Å²) in [5.74, 6) is 0.0183. The molecule has 0 bridgehead atoms. The van der Waals surface area contributed by atoms with E-state index in [0.29, 0.717) is 11.0 Å². The van der Waals surface area contributed by atoms with E-state index in [1.807, 2.05) is 0 Å². The molecule has 0 radical (unpaired) electrons. The Hall–Kier alpha value is -0.870. The Morgan fingerprint density at radius 1 is 1.45 bits per heavy atom. The third-order valence-electron chi connectivity index (χ3n) is 2.25. The van der Waals surface area contributed by atoms with Crippen LogP contribution < -0.4 is 5.32 Å². The molecule has 0 fully saturated rings. The molecule has 0 saturated carbocycles. The average Bonchev–Trinajstić information content (AvgIpc) is 2.29. The van der Waals surface area contributed by atoms with Crippen molar-refractivity contribution in [2.75, 3.05) is 25.5 Å². The lowest BCUT2D eigenvalue weighted by molar-refractivity contribution is -0.134. The van der Waals surface area contributed by atoms with Crippen LogP contribution in [0.3, 0.4) is 0 Å². The summed E-state index contributed by atoms with van der Waals surface area (Å²) in [7, 11) is -3.41. The number of nitrogens with one attached hydrogen (secondary N) is 1. The molecule has 0 aromatic carbocycles. The molecule has 10 heteroatoms. The monoisotopic (exact) mass is 375 g/mol. The van der Waals surface area contributed by atoms with Gasteiger partial charge >= 0.3 is 6.18 Å². The van der Waals surface area contributed by atoms with Crippen LogP contribution in [0.25, 0.3) is 0 Å². The fourth-order valence-corrected chi connectivity index (χ4v) is 3.20. The van der Waals surface area contributed by atoms with Crippen LogP contribution in [0.2, 0.25) is 0 Å². The first-order valence-corrected chi connectivity index (χ1v) is 7.73. The lowest BCUT2D eigenvalue weighted by Gasteiger charge is -2.20. The zero-order valence-electron chi connectivity index (χ0n) is 10.7. The molecule has 0 spiro atoms. The SMILES string of the molecule is CCNc1ncc(Br)cc1S(=O)(=O)N(C)CC(F)(F)F. The molecule has 114 valence electrons. The largest absolute Gasteiger partial charge is 0.402 e. The van der Waals surface area contributed by atoms with Crippen molar-refractivity contribution in [3.63, 3.8) is 0 Å². The Bertz CT molecular complexity index is 578. The molecule has 0 unspecified atom stereocenters. The van der Waals surface area contributed by atoms with Crippen LogP contribution in [0.15, 0.2) is 21.6 Å². The maximum absolute atomic E-state index is 12.3. The summed E-state index contributed by atoms with van der Waals surface area (Å²) in [5.41, 5.74) is 0. The standard InChI is InChI=1S/C10H13BrF3N3O2S/c1-3-15-9-8(4-7(11)5-16-9)20(18,19)17(2)6-10(12,13)14/h4-5H,3,6H2,1-2H3,(H,15,16). The predicted molar refractivity (Wildman–Crippen MR) is 72.0 cm³/mol. The van der Waals surface area contributed by atoms with Gasteiger partial charge in [0.05, 0.1) is 0 Å². The first-order valence-electron chi connectivity index (χ1n) is 5.50. The number of sulfonamides is 1. The van der Waals surface area contributed by atoms with E-state index >= 15 is 0 Å². The van der Waals surface area contributed by atoms with Crippen molar-refractivity contribution in [3.05, 3.63) is 16.7 Å². The van der Waals surface area contributed by atoms with Crippen molar-refractivity contribution in [1.82, 2.24) is 9.29 Å². The van der Waals surface area contributed by atoms with Crippen LogP contribution in [0.1, 0.15) is 6.92 Å². The van der Waals surface area contributed by atoms with Gasteiger partial charge in [-0.1, -0.05) is 0 Å². The summed E-state index contributed by atoms with van der Waals surface area (Å²) in [5, 5.41) is 2.71. The Labute approximate surface area is 123 Å². The van der Waals surface area contributed by atoms with E-state index < -0.39 is 22.7 Å². The summed E-state index contributed by atoms with van der Waals surface area (Å²) < 4.78 is 62.0. The van der Waals surface area contributed by atoms with Gasteiger partial charge in [0.1, 0.15) is 17.3 Å². The molecule has 1 N–H and O–H groups in total. The molecule has 0 amide bonds. The van der Waals surface area contributed by atoms with Gasteiger partial charge in [-0.2, -0.15) is 17.5 Å². The van der Waals surface area contributed by atoms with Gasteiger partial charge in [-0.05, 0) is 28.9 Å². The first kappa shape index (κ1) is 17.2. The van der Waals surface area contributed by atoms with Crippen LogP contribution in [0.5, 0.6) is 0 Å². The van der Waals surface area contributed by atoms with Crippen LogP contribution >= 0.6 is 15.9 Å². The Balaban J connectivity index is 3.23. The number of alkyl halides is 3. The van der Waals surface area contributed by atoms with E-state index in [0.717, 1.165) is 7.05 Å². The zero-order chi connectivity index (χ0) is 15.6. The van der Waals surface area contributed by atoms with Crippen LogP contribution in [-0.2, 0) is 10.0 Å². The molecule has 0 aliphatic carbocycles. The Morgan fingerprint density at radius 2 is 2.05 bits per heavy atom. The summed E-state index contributed by atoms with van der Waals surface area (Å²) in [4.78, 5) is 3.56. The van der Waals surface area contributed by atoms with Crippen molar-refractivity contribution >= 4 is 31.8 Å². The maximum Gasteiger partial charge on any atom is 0.402 e. The van der Waals surface area contributed by atoms with Crippen molar-refractivity contribution < 1.29 is 21.6 Å². The third-order valence-corrected chi connectivity index (χ3v) is 4.50. The molecule has 5 nitrogen and oxygen atoms in total. The van der Waals surface area contributed by atoms with Crippen molar-refractivity contribution in [2.45, 2.75) is 18.0 Å². The number of rotatable bonds is 5. The molecular weight excluding hydrogens is 363 g/mol. The summed E-state index contributed by atoms with van der Waals surface area (Å²) in [6.45, 7) is 0.549. The van der Waals surface area contributed by atoms with E-state index in [1.165, 1.54) is 12.3 Å². The molecule has 1 heterocycles. The van der Waals surface area contributed by atoms with Gasteiger partial charge in [-0.3, -0.25) is 0 Å². The third kappa shape index (κ3) is 4.32. The van der Waals surface area contributed by atoms with Gasteiger partial charge in [0.25, 0.3) is 0 Å². The fourth-order valence-electron chi connectivity index (χ4n) is 1.42. The van der Waals surface area contributed by atoms with Gasteiger partial charge in [0, 0.05) is 24.3 Å². The highest BCUT2D eigenvalue weighted by molar-refractivity contribution is 9.10. The smallest absolute Gasteiger partial charge is 0.369 e. The van der Waals surface area contributed by atoms with E-state index in [9.17, 15) is 21.6 Å². The van der Waals surface area contributed by atoms with Crippen LogP contribution in [0, 0.1) is 0 Å². The number of hydrogen-bond donors (Lipinski definition) is 1. The van der Waals surface area contributed by atoms with E-state index in [-0.39, 0.29) is 15.0 Å². The van der Waals surface area contributed by atoms with Crippen molar-refractivity contribution in [3.8, 4) is 0 Å². The molecule has 20 heavy (non-hydrogen) atoms. The normalized spacial score (nSPS) is 12.8. The predicted octanol–water partition coefficient (Wildman–Crippen LogP) is 2.46. The number of anilines is 1. The second-order valence-electron chi connectivity index (χ2n) is 3.91. The highest BCUT2D eigenvalue weighted by Gasteiger charge is 2.36. The highest BCUT2D eigenvalue weighted by Crippen LogP contribution is 2.27. The minimum atomic E-state index is -4.61. The maximum atomic E-state index is 12.3. The lowest BCUT2D eigenvalue weighted by Crippen LogP contribution is -2.36. The van der Waals surface area contributed by atoms with Crippen LogP contribution in [-0.4, -0.2) is 44.0 Å². The number of hydrogen-bond acceptors (Lipinski definition) is 4. The first-order chi connectivity index (χ1) is 9.08. The van der Waals surface area contributed by atoms with Gasteiger partial charge in [0.2, 0.25) is 10.0 Å². The van der Waals surface area contributed by atoms with E-state index in [4.69, 9.17) is 0 Å². The zero-order valence-corrected chi connectivity index (χ0v) is 13.1. The molecule has 0 atom stereocenters. The number of nitrogens with zero attached hydrogens (tertiary/aromatic N) is 2. The minimum Gasteiger partial charge on any atom is -0.369 e. The Kier molecular flexibility index (Phi) is 5.39. The van der Waals surface area contributed by atoms with Gasteiger partial charge < -0.3 is 5.32 Å². The molecule has 1 aromatic rings. The topological polar surface area (TPSA) is 62.3 Å². The van der Waals surface area contributed by atoms with Crippen molar-refractivity contribution in [2.24, 2.45) is 0 Å². The average molecular weight is 376 g/mol. The molecule has 0 aliphatic heterocycles. The molecule has 1 rings (SSSR count). The molecule has 0 aliphatic rings. The van der Waals surface area contributed by atoms with Gasteiger partial charge in [-0.25, -0.2) is 13.4 Å². The molecular formula is C10H13BrF3N3O2S. The van der Waals surface area contributed by atoms with Gasteiger partial charge in [-0.15, -0.1) is 0 Å². The quantitative estimate of drug-likeness (QED) is 0.858. The highest BCUT2D eigenvalue weighted by atomic mass is 79.9. The second-order valence-corrected chi connectivity index (χ2v) is 6.84. The molecule has 1 aromatic heterocycles. The summed E-state index contributed by atoms with van der Waals surface area (Å²) >= 11 is 3.05. The summed E-state index contributed by atoms with van der Waals surface area (Å²) in [6, 6.07) is 1.22. The number of pyridine rings is 1. The fraction of sp³-hybridized carbons (Fsp3) is 0.500. The number of aromatic nitrogens is 1. The van der Waals surface area contributed by atoms with E-state index in [2.05, 4.69) is 26.2 Å². The van der Waals surface area contributed by atoms with E-state index in [1.54, 1.807) is 6.92 Å². The minimum absolute atomic E-state index is 0.0183. The Morgan fingerprint density at radius 3 is 2.55 bits per heavy atom. The van der Waals surface area contributed by atoms with Crippen LogP contribution in [0.4, 0.5) is 19.0 Å². The number of halogens is 4.